The first-order valence-corrected chi connectivity index (χ1v) is 13.1. The molecule has 0 saturated carbocycles. The molecule has 1 saturated heterocycles. The van der Waals surface area contributed by atoms with E-state index in [0.29, 0.717) is 17.9 Å². The van der Waals surface area contributed by atoms with E-state index in [1.54, 1.807) is 0 Å². The number of carboxylic acids is 1. The minimum Gasteiger partial charge on any atom is -0.481 e. The van der Waals surface area contributed by atoms with Crippen LogP contribution in [0.25, 0.3) is 0 Å². The van der Waals surface area contributed by atoms with E-state index in [2.05, 4.69) is 17.1 Å². The van der Waals surface area contributed by atoms with Gasteiger partial charge in [-0.3, -0.25) is 4.79 Å². The molecule has 2 N–H and O–H groups in total. The van der Waals surface area contributed by atoms with Crippen molar-refractivity contribution in [1.82, 2.24) is 0 Å². The number of rotatable bonds is 8. The monoisotopic (exact) mass is 478 g/mol. The van der Waals surface area contributed by atoms with Crippen LogP contribution in [0, 0.1) is 0 Å². The molecule has 6 nitrogen and oxygen atoms in total. The largest absolute Gasteiger partial charge is 0.481 e. The highest BCUT2D eigenvalue weighted by molar-refractivity contribution is 7.91. The average Bonchev–Trinajstić information content (AvgIpc) is 2.71. The molecule has 1 fully saturated rings. The Bertz CT molecular complexity index is 1050. The van der Waals surface area contributed by atoms with Gasteiger partial charge in [-0.1, -0.05) is 31.5 Å². The summed E-state index contributed by atoms with van der Waals surface area (Å²) in [7, 11) is -2.95. The van der Waals surface area contributed by atoms with Gasteiger partial charge in [0, 0.05) is 28.7 Å². The van der Waals surface area contributed by atoms with Gasteiger partial charge in [-0.2, -0.15) is 0 Å². The summed E-state index contributed by atoms with van der Waals surface area (Å²) < 4.78 is 23.9. The van der Waals surface area contributed by atoms with E-state index in [4.69, 9.17) is 11.6 Å². The fourth-order valence-electron chi connectivity index (χ4n) is 4.29. The molecule has 3 rings (SSSR count). The van der Waals surface area contributed by atoms with E-state index in [1.807, 2.05) is 56.3 Å². The first-order chi connectivity index (χ1) is 15.0. The Labute approximate surface area is 195 Å². The molecule has 2 aromatic rings. The van der Waals surface area contributed by atoms with Crippen LogP contribution in [-0.2, 0) is 20.0 Å². The molecule has 0 aliphatic carbocycles. The van der Waals surface area contributed by atoms with E-state index in [9.17, 15) is 18.3 Å². The lowest BCUT2D eigenvalue weighted by Crippen LogP contribution is -2.41. The fraction of sp³-hybridized carbons (Fsp3) is 0.458. The Balaban J connectivity index is 2.01. The maximum Gasteiger partial charge on any atom is 0.304 e. The lowest BCUT2D eigenvalue weighted by molar-refractivity contribution is -0.138. The lowest BCUT2D eigenvalue weighted by atomic mass is 9.81. The molecular weight excluding hydrogens is 448 g/mol. The highest BCUT2D eigenvalue weighted by atomic mass is 35.5. The number of nitrogens with one attached hydrogen (secondary N) is 1. The summed E-state index contributed by atoms with van der Waals surface area (Å²) in [6, 6.07) is 13.5. The zero-order chi connectivity index (χ0) is 23.5. The van der Waals surface area contributed by atoms with Gasteiger partial charge in [-0.15, -0.1) is 0 Å². The molecule has 2 aromatic carbocycles. The van der Waals surface area contributed by atoms with Gasteiger partial charge in [-0.05, 0) is 61.7 Å². The molecule has 0 atom stereocenters. The number of sulfone groups is 1. The maximum atomic E-state index is 11.9. The second-order valence-corrected chi connectivity index (χ2v) is 11.7. The summed E-state index contributed by atoms with van der Waals surface area (Å²) >= 11 is 6.04. The van der Waals surface area contributed by atoms with Crippen LogP contribution in [0.3, 0.4) is 0 Å². The second-order valence-electron chi connectivity index (χ2n) is 8.99. The van der Waals surface area contributed by atoms with Crippen molar-refractivity contribution in [3.63, 3.8) is 0 Å². The van der Waals surface area contributed by atoms with Crippen molar-refractivity contribution < 1.29 is 18.3 Å². The van der Waals surface area contributed by atoms with Gasteiger partial charge in [0.1, 0.15) is 9.84 Å². The van der Waals surface area contributed by atoms with Gasteiger partial charge < -0.3 is 15.3 Å². The van der Waals surface area contributed by atoms with Crippen LogP contribution in [0.1, 0.15) is 45.6 Å². The number of benzene rings is 2. The normalized spacial score (nSPS) is 16.5. The predicted octanol–water partition coefficient (Wildman–Crippen LogP) is 5.24. The smallest absolute Gasteiger partial charge is 0.304 e. The molecule has 1 aliphatic heterocycles. The zero-order valence-electron chi connectivity index (χ0n) is 18.8. The molecule has 1 heterocycles. The highest BCUT2D eigenvalue weighted by Crippen LogP contribution is 2.38. The number of hydrogen-bond acceptors (Lipinski definition) is 5. The molecular formula is C24H31ClN2O4S. The molecule has 174 valence electrons. The topological polar surface area (TPSA) is 86.7 Å². The number of aliphatic carboxylic acids is 1. The van der Waals surface area contributed by atoms with Crippen molar-refractivity contribution in [3.05, 3.63) is 53.1 Å². The van der Waals surface area contributed by atoms with Gasteiger partial charge in [-0.25, -0.2) is 8.42 Å². The van der Waals surface area contributed by atoms with Gasteiger partial charge >= 0.3 is 5.97 Å². The van der Waals surface area contributed by atoms with Crippen molar-refractivity contribution in [1.29, 1.82) is 0 Å². The third-order valence-electron chi connectivity index (χ3n) is 6.11. The summed E-state index contributed by atoms with van der Waals surface area (Å²) in [5.74, 6) is -0.430. The van der Waals surface area contributed by atoms with Crippen molar-refractivity contribution >= 4 is 44.5 Å². The summed E-state index contributed by atoms with van der Waals surface area (Å²) in [5.41, 5.74) is 3.07. The number of carbonyl (C=O) groups is 1. The van der Waals surface area contributed by atoms with E-state index in [1.165, 1.54) is 0 Å². The first kappa shape index (κ1) is 24.4. The molecule has 0 radical (unpaired) electrons. The molecule has 8 heteroatoms. The Morgan fingerprint density at radius 2 is 1.78 bits per heavy atom. The van der Waals surface area contributed by atoms with Gasteiger partial charge in [0.05, 0.1) is 29.3 Å². The molecule has 0 bridgehead atoms. The van der Waals surface area contributed by atoms with Crippen LogP contribution < -0.4 is 10.2 Å². The number of carboxylic acid groups (broad SMARTS) is 1. The molecule has 32 heavy (non-hydrogen) atoms. The van der Waals surface area contributed by atoms with E-state index in [-0.39, 0.29) is 24.0 Å². The van der Waals surface area contributed by atoms with Crippen LogP contribution in [0.5, 0.6) is 0 Å². The summed E-state index contributed by atoms with van der Waals surface area (Å²) in [4.78, 5) is 13.6. The first-order valence-electron chi connectivity index (χ1n) is 10.9. The van der Waals surface area contributed by atoms with Crippen LogP contribution in [0.2, 0.25) is 5.02 Å². The molecule has 0 amide bonds. The van der Waals surface area contributed by atoms with E-state index < -0.39 is 21.2 Å². The molecule has 1 aliphatic rings. The SMILES string of the molecule is CCN(c1ccc(C(C)(C)CC(=O)O)cc1Nc1ccc(Cl)cc1)C1CCS(=O)(=O)CC1. The average molecular weight is 479 g/mol. The third-order valence-corrected chi connectivity index (χ3v) is 8.08. The standard InChI is InChI=1S/C24H31ClN2O4S/c1-4-27(20-11-13-32(30,31)14-12-20)22-10-5-17(24(2,3)16-23(28)29)15-21(22)26-19-8-6-18(25)7-9-19/h5-10,15,20,26H,4,11-14,16H2,1-3H3,(H,28,29). The van der Waals surface area contributed by atoms with Crippen molar-refractivity contribution in [3.8, 4) is 0 Å². The van der Waals surface area contributed by atoms with Crippen LogP contribution in [0.15, 0.2) is 42.5 Å². The number of nitrogens with zero attached hydrogens (tertiary/aromatic N) is 1. The summed E-state index contributed by atoms with van der Waals surface area (Å²) in [6.45, 7) is 6.65. The minimum absolute atomic E-state index is 0.0186. The van der Waals surface area contributed by atoms with E-state index in [0.717, 1.165) is 29.2 Å². The Morgan fingerprint density at radius 3 is 2.34 bits per heavy atom. The molecule has 0 aromatic heterocycles. The summed E-state index contributed by atoms with van der Waals surface area (Å²) in [5, 5.41) is 13.5. The maximum absolute atomic E-state index is 11.9. The fourth-order valence-corrected chi connectivity index (χ4v) is 5.88. The van der Waals surface area contributed by atoms with Crippen LogP contribution >= 0.6 is 11.6 Å². The summed E-state index contributed by atoms with van der Waals surface area (Å²) in [6.07, 6.45) is 1.22. The second kappa shape index (κ2) is 9.71. The Hall–Kier alpha value is -2.25. The van der Waals surface area contributed by atoms with E-state index >= 15 is 0 Å². The van der Waals surface area contributed by atoms with Crippen molar-refractivity contribution in [2.45, 2.75) is 51.5 Å². The van der Waals surface area contributed by atoms with Crippen molar-refractivity contribution in [2.24, 2.45) is 0 Å². The number of anilines is 3. The minimum atomic E-state index is -2.95. The quantitative estimate of drug-likeness (QED) is 0.539. The third kappa shape index (κ3) is 5.95. The number of halogens is 1. The molecule has 0 spiro atoms. The zero-order valence-corrected chi connectivity index (χ0v) is 20.3. The molecule has 0 unspecified atom stereocenters. The Morgan fingerprint density at radius 1 is 1.16 bits per heavy atom. The Kier molecular flexibility index (Phi) is 7.40. The predicted molar refractivity (Wildman–Crippen MR) is 131 cm³/mol. The highest BCUT2D eigenvalue weighted by Gasteiger charge is 2.30. The van der Waals surface area contributed by atoms with Crippen molar-refractivity contribution in [2.75, 3.05) is 28.3 Å². The van der Waals surface area contributed by atoms with Gasteiger partial charge in [0.2, 0.25) is 0 Å². The number of hydrogen-bond donors (Lipinski definition) is 2. The lowest BCUT2D eigenvalue weighted by Gasteiger charge is -2.37. The van der Waals surface area contributed by atoms with Gasteiger partial charge in [0.15, 0.2) is 0 Å². The van der Waals surface area contributed by atoms with Crippen LogP contribution in [-0.4, -0.2) is 43.6 Å². The van der Waals surface area contributed by atoms with Gasteiger partial charge in [0.25, 0.3) is 0 Å². The van der Waals surface area contributed by atoms with Crippen LogP contribution in [0.4, 0.5) is 17.1 Å².